The van der Waals surface area contributed by atoms with Crippen LogP contribution in [0.1, 0.15) is 30.0 Å². The van der Waals surface area contributed by atoms with Gasteiger partial charge < -0.3 is 21.3 Å². The third-order valence-electron chi connectivity index (χ3n) is 4.00. The zero-order chi connectivity index (χ0) is 16.4. The summed E-state index contributed by atoms with van der Waals surface area (Å²) in [6.07, 6.45) is 1.88. The molecule has 0 saturated carbocycles. The van der Waals surface area contributed by atoms with Crippen LogP contribution < -0.4 is 11.1 Å². The molecule has 7 nitrogen and oxygen atoms in total. The average molecular weight is 348 g/mol. The molecule has 0 bridgehead atoms. The monoisotopic (exact) mass is 347 g/mol. The van der Waals surface area contributed by atoms with E-state index >= 15 is 0 Å². The number of rotatable bonds is 2. The predicted molar refractivity (Wildman–Crippen MR) is 92.0 cm³/mol. The second kappa shape index (κ2) is 7.34. The first kappa shape index (κ1) is 17.8. The van der Waals surface area contributed by atoms with E-state index in [4.69, 9.17) is 5.73 Å². The molecule has 2 aromatic rings. The van der Waals surface area contributed by atoms with Crippen LogP contribution in [0.2, 0.25) is 0 Å². The Bertz CT molecular complexity index is 765. The highest BCUT2D eigenvalue weighted by Gasteiger charge is 2.24. The molecule has 1 fully saturated rings. The van der Waals surface area contributed by atoms with E-state index in [1.54, 1.807) is 0 Å². The molecule has 5 N–H and O–H groups in total. The van der Waals surface area contributed by atoms with Crippen molar-refractivity contribution in [2.24, 2.45) is 0 Å². The quantitative estimate of drug-likeness (QED) is 0.653. The minimum atomic E-state index is -0.137. The first-order valence-corrected chi connectivity index (χ1v) is 7.41. The molecule has 8 heteroatoms. The Balaban J connectivity index is 0.00000208. The van der Waals surface area contributed by atoms with Gasteiger partial charge >= 0.3 is 0 Å². The maximum Gasteiger partial charge on any atom is 0.169 e. The second-order valence-electron chi connectivity index (χ2n) is 5.52. The number of hydrogen-bond acceptors (Lipinski definition) is 7. The van der Waals surface area contributed by atoms with Gasteiger partial charge in [0, 0.05) is 12.5 Å². The van der Waals surface area contributed by atoms with Crippen LogP contribution in [-0.2, 0) is 0 Å². The Labute approximate surface area is 145 Å². The van der Waals surface area contributed by atoms with E-state index in [9.17, 15) is 15.5 Å². The molecule has 1 saturated heterocycles. The fourth-order valence-corrected chi connectivity index (χ4v) is 2.86. The van der Waals surface area contributed by atoms with Crippen LogP contribution in [0, 0.1) is 11.3 Å². The lowest BCUT2D eigenvalue weighted by Crippen LogP contribution is -2.29. The van der Waals surface area contributed by atoms with Crippen LogP contribution in [-0.4, -0.2) is 33.3 Å². The minimum Gasteiger partial charge on any atom is -0.507 e. The van der Waals surface area contributed by atoms with Gasteiger partial charge in [0.2, 0.25) is 0 Å². The number of hydrogen-bond donors (Lipinski definition) is 4. The zero-order valence-corrected chi connectivity index (χ0v) is 13.7. The number of benzene rings is 1. The Hall–Kier alpha value is -2.56. The first-order chi connectivity index (χ1) is 11.1. The number of nitrogens with one attached hydrogen (secondary N) is 1. The van der Waals surface area contributed by atoms with Gasteiger partial charge in [0.05, 0.1) is 5.69 Å². The number of phenolic OH excluding ortho intramolecular Hbond substituents is 2. The van der Waals surface area contributed by atoms with E-state index in [-0.39, 0.29) is 52.6 Å². The number of halogens is 1. The van der Waals surface area contributed by atoms with Crippen molar-refractivity contribution in [3.8, 4) is 29.0 Å². The summed E-state index contributed by atoms with van der Waals surface area (Å²) in [5.74, 6) is -0.0440. The molecule has 3 rings (SSSR count). The number of aromatic nitrogens is 2. The lowest BCUT2D eigenvalue weighted by atomic mass is 9.93. The highest BCUT2D eigenvalue weighted by Crippen LogP contribution is 2.37. The van der Waals surface area contributed by atoms with E-state index in [0.717, 1.165) is 19.4 Å². The molecule has 1 aromatic carbocycles. The summed E-state index contributed by atoms with van der Waals surface area (Å²) >= 11 is 0. The van der Waals surface area contributed by atoms with Crippen molar-refractivity contribution in [1.29, 1.82) is 5.26 Å². The van der Waals surface area contributed by atoms with E-state index in [2.05, 4.69) is 21.4 Å². The topological polar surface area (TPSA) is 128 Å². The molecular formula is C16H18ClN5O2. The summed E-state index contributed by atoms with van der Waals surface area (Å²) in [6, 6.07) is 6.47. The molecule has 0 spiro atoms. The molecule has 1 aromatic heterocycles. The van der Waals surface area contributed by atoms with Crippen LogP contribution in [0.3, 0.4) is 0 Å². The van der Waals surface area contributed by atoms with Crippen molar-refractivity contribution in [2.75, 3.05) is 18.8 Å². The minimum absolute atomic E-state index is 0. The third-order valence-corrected chi connectivity index (χ3v) is 4.00. The van der Waals surface area contributed by atoms with Crippen molar-refractivity contribution in [1.82, 2.24) is 15.3 Å². The SMILES string of the molecule is Cl.N#Cc1c(N)nc(-c2c(O)cccc2O)nc1C1CCCNC1. The summed E-state index contributed by atoms with van der Waals surface area (Å²) in [4.78, 5) is 8.54. The van der Waals surface area contributed by atoms with Crippen LogP contribution in [0.4, 0.5) is 5.82 Å². The van der Waals surface area contributed by atoms with Crippen molar-refractivity contribution in [3.63, 3.8) is 0 Å². The average Bonchev–Trinajstić information content (AvgIpc) is 2.55. The summed E-state index contributed by atoms with van der Waals surface area (Å²) in [7, 11) is 0. The molecule has 24 heavy (non-hydrogen) atoms. The number of nitriles is 1. The summed E-state index contributed by atoms with van der Waals surface area (Å²) in [5, 5.41) is 32.7. The van der Waals surface area contributed by atoms with Crippen molar-refractivity contribution < 1.29 is 10.2 Å². The highest BCUT2D eigenvalue weighted by atomic mass is 35.5. The van der Waals surface area contributed by atoms with Gasteiger partial charge in [-0.3, -0.25) is 0 Å². The molecule has 2 heterocycles. The summed E-state index contributed by atoms with van der Waals surface area (Å²) in [5.41, 5.74) is 6.86. The maximum atomic E-state index is 10.0. The van der Waals surface area contributed by atoms with Crippen molar-refractivity contribution >= 4 is 18.2 Å². The van der Waals surface area contributed by atoms with E-state index < -0.39 is 0 Å². The molecular weight excluding hydrogens is 330 g/mol. The summed E-state index contributed by atoms with van der Waals surface area (Å²) in [6.45, 7) is 1.64. The second-order valence-corrected chi connectivity index (χ2v) is 5.52. The molecule has 1 unspecified atom stereocenters. The number of nitrogens with two attached hydrogens (primary N) is 1. The smallest absolute Gasteiger partial charge is 0.169 e. The van der Waals surface area contributed by atoms with Gasteiger partial charge in [0.1, 0.15) is 34.5 Å². The highest BCUT2D eigenvalue weighted by molar-refractivity contribution is 5.85. The summed E-state index contributed by atoms with van der Waals surface area (Å²) < 4.78 is 0. The van der Waals surface area contributed by atoms with Gasteiger partial charge in [0.25, 0.3) is 0 Å². The lowest BCUT2D eigenvalue weighted by Gasteiger charge is -2.23. The predicted octanol–water partition coefficient (Wildman–Crippen LogP) is 1.90. The Kier molecular flexibility index (Phi) is 5.44. The molecule has 0 amide bonds. The van der Waals surface area contributed by atoms with Gasteiger partial charge in [-0.2, -0.15) is 5.26 Å². The fourth-order valence-electron chi connectivity index (χ4n) is 2.86. The number of anilines is 1. The van der Waals surface area contributed by atoms with Gasteiger partial charge in [-0.15, -0.1) is 12.4 Å². The van der Waals surface area contributed by atoms with Gasteiger partial charge in [0.15, 0.2) is 5.82 Å². The normalized spacial score (nSPS) is 16.9. The van der Waals surface area contributed by atoms with Crippen LogP contribution in [0.15, 0.2) is 18.2 Å². The standard InChI is InChI=1S/C16H17N5O2.ClH/c17-7-10-14(9-3-2-6-19-8-9)20-16(21-15(10)18)13-11(22)4-1-5-12(13)23;/h1,4-5,9,19,22-23H,2-3,6,8H2,(H2,18,20,21);1H. The van der Waals surface area contributed by atoms with E-state index in [0.29, 0.717) is 12.2 Å². The third kappa shape index (κ3) is 3.20. The van der Waals surface area contributed by atoms with Gasteiger partial charge in [-0.25, -0.2) is 9.97 Å². The Morgan fingerprint density at radius 2 is 1.96 bits per heavy atom. The first-order valence-electron chi connectivity index (χ1n) is 7.41. The molecule has 1 aliphatic heterocycles. The molecule has 126 valence electrons. The zero-order valence-electron chi connectivity index (χ0n) is 12.9. The lowest BCUT2D eigenvalue weighted by molar-refractivity contribution is 0.450. The number of nitrogens with zero attached hydrogens (tertiary/aromatic N) is 3. The van der Waals surface area contributed by atoms with Crippen LogP contribution in [0.5, 0.6) is 11.5 Å². The van der Waals surface area contributed by atoms with E-state index in [1.807, 2.05) is 0 Å². The molecule has 1 atom stereocenters. The number of phenols is 2. The van der Waals surface area contributed by atoms with Gasteiger partial charge in [-0.05, 0) is 31.5 Å². The Morgan fingerprint density at radius 3 is 2.54 bits per heavy atom. The number of aromatic hydroxyl groups is 2. The van der Waals surface area contributed by atoms with Crippen LogP contribution >= 0.6 is 12.4 Å². The molecule has 1 aliphatic rings. The van der Waals surface area contributed by atoms with E-state index in [1.165, 1.54) is 18.2 Å². The number of nitrogen functional groups attached to an aromatic ring is 1. The molecule has 0 aliphatic carbocycles. The fraction of sp³-hybridized carbons (Fsp3) is 0.312. The Morgan fingerprint density at radius 1 is 1.25 bits per heavy atom. The van der Waals surface area contributed by atoms with Crippen molar-refractivity contribution in [3.05, 3.63) is 29.5 Å². The van der Waals surface area contributed by atoms with Gasteiger partial charge in [-0.1, -0.05) is 6.07 Å². The maximum absolute atomic E-state index is 10.0. The number of piperidine rings is 1. The largest absolute Gasteiger partial charge is 0.507 e. The molecule has 0 radical (unpaired) electrons. The van der Waals surface area contributed by atoms with Crippen LogP contribution in [0.25, 0.3) is 11.4 Å². The van der Waals surface area contributed by atoms with Crippen molar-refractivity contribution in [2.45, 2.75) is 18.8 Å².